The van der Waals surface area contributed by atoms with Crippen molar-refractivity contribution in [3.05, 3.63) is 81.7 Å². The van der Waals surface area contributed by atoms with Crippen LogP contribution in [-0.2, 0) is 11.3 Å². The first-order chi connectivity index (χ1) is 15.2. The molecule has 8 nitrogen and oxygen atoms in total. The lowest BCUT2D eigenvalue weighted by molar-refractivity contribution is -0.398. The molecule has 0 bridgehead atoms. The van der Waals surface area contributed by atoms with Gasteiger partial charge in [0.25, 0.3) is 5.56 Å². The molecule has 0 spiro atoms. The second-order valence-electron chi connectivity index (χ2n) is 6.70. The maximum absolute atomic E-state index is 13.2. The van der Waals surface area contributed by atoms with Crippen molar-refractivity contribution in [2.24, 2.45) is 0 Å². The monoisotopic (exact) mass is 419 g/mol. The molecule has 3 aromatic rings. The third kappa shape index (κ3) is 4.23. The van der Waals surface area contributed by atoms with Gasteiger partial charge in [-0.25, -0.2) is 0 Å². The van der Waals surface area contributed by atoms with E-state index in [1.165, 1.54) is 16.8 Å². The summed E-state index contributed by atoms with van der Waals surface area (Å²) in [6.07, 6.45) is 8.12. The second-order valence-corrected chi connectivity index (χ2v) is 6.70. The number of nitrogens with zero attached hydrogens (tertiary/aromatic N) is 3. The van der Waals surface area contributed by atoms with E-state index in [0.717, 1.165) is 29.0 Å². The number of nitriles is 1. The Hall–Kier alpha value is -3.80. The molecule has 3 heterocycles. The molecular weight excluding hydrogens is 396 g/mol. The number of hydrogen-bond acceptors (Lipinski definition) is 5. The number of allylic oxidation sites excluding steroid dienone is 5. The third-order valence-corrected chi connectivity index (χ3v) is 4.86. The predicted molar refractivity (Wildman–Crippen MR) is 119 cm³/mol. The summed E-state index contributed by atoms with van der Waals surface area (Å²) in [6.45, 7) is 3.19. The van der Waals surface area contributed by atoms with Gasteiger partial charge in [0, 0.05) is 34.4 Å². The highest BCUT2D eigenvalue weighted by atomic mass is 16.6. The zero-order valence-corrected chi connectivity index (χ0v) is 17.3. The summed E-state index contributed by atoms with van der Waals surface area (Å²) in [5.41, 5.74) is 2.68. The number of rotatable bonds is 6. The summed E-state index contributed by atoms with van der Waals surface area (Å²) in [7, 11) is 1.00. The van der Waals surface area contributed by atoms with E-state index in [9.17, 15) is 15.0 Å². The van der Waals surface area contributed by atoms with Crippen molar-refractivity contribution in [1.82, 2.24) is 9.13 Å². The van der Waals surface area contributed by atoms with E-state index < -0.39 is 5.56 Å². The van der Waals surface area contributed by atoms with Crippen molar-refractivity contribution in [1.29, 1.82) is 5.26 Å². The van der Waals surface area contributed by atoms with Crippen LogP contribution in [0.2, 0.25) is 0 Å². The molecule has 1 atom stereocenters. The van der Waals surface area contributed by atoms with Gasteiger partial charge in [0.2, 0.25) is 6.20 Å². The zero-order valence-electron chi connectivity index (χ0n) is 17.3. The molecule has 158 valence electrons. The number of benzene rings is 1. The lowest BCUT2D eigenvalue weighted by atomic mass is 10.2. The lowest BCUT2D eigenvalue weighted by Gasteiger charge is -2.11. The van der Waals surface area contributed by atoms with E-state index in [2.05, 4.69) is 4.57 Å². The maximum Gasteiger partial charge on any atom is 0.273 e. The van der Waals surface area contributed by atoms with Crippen LogP contribution < -0.4 is 10.7 Å². The van der Waals surface area contributed by atoms with Gasteiger partial charge < -0.3 is 14.4 Å². The SMILES string of the molecule is CO.C\C=C/C(=C\C=C\[NH+]=O)n1c(=O)c(C#N)cc2c1c1ccccc1n2CC1CO1. The van der Waals surface area contributed by atoms with Gasteiger partial charge in [0.15, 0.2) is 0 Å². The first-order valence-electron chi connectivity index (χ1n) is 9.70. The Kier molecular flexibility index (Phi) is 6.92. The number of fused-ring (bicyclic) bond motifs is 3. The number of epoxide rings is 1. The topological polar surface area (TPSA) is 115 Å². The van der Waals surface area contributed by atoms with E-state index in [0.29, 0.717) is 18.8 Å². The van der Waals surface area contributed by atoms with Gasteiger partial charge in [-0.15, -0.1) is 0 Å². The average molecular weight is 419 g/mol. The molecule has 1 saturated heterocycles. The van der Waals surface area contributed by atoms with E-state index >= 15 is 0 Å². The van der Waals surface area contributed by atoms with Gasteiger partial charge in [-0.2, -0.15) is 5.26 Å². The van der Waals surface area contributed by atoms with Crippen LogP contribution in [0.15, 0.2) is 65.6 Å². The molecule has 0 saturated carbocycles. The number of aliphatic hydroxyl groups is 1. The molecule has 31 heavy (non-hydrogen) atoms. The van der Waals surface area contributed by atoms with Crippen LogP contribution in [0.4, 0.5) is 0 Å². The number of aromatic nitrogens is 2. The van der Waals surface area contributed by atoms with E-state index in [1.54, 1.807) is 29.5 Å². The number of para-hydroxylation sites is 1. The van der Waals surface area contributed by atoms with Crippen molar-refractivity contribution in [3.63, 3.8) is 0 Å². The first kappa shape index (κ1) is 21.9. The van der Waals surface area contributed by atoms with Crippen molar-refractivity contribution < 1.29 is 15.0 Å². The Morgan fingerprint density at radius 2 is 2.10 bits per heavy atom. The third-order valence-electron chi connectivity index (χ3n) is 4.86. The molecule has 0 amide bonds. The zero-order chi connectivity index (χ0) is 22.4. The minimum Gasteiger partial charge on any atom is -0.400 e. The second kappa shape index (κ2) is 9.80. The van der Waals surface area contributed by atoms with Crippen LogP contribution in [0.5, 0.6) is 0 Å². The molecule has 0 aliphatic carbocycles. The molecule has 1 aliphatic heterocycles. The molecule has 1 unspecified atom stereocenters. The fraction of sp³-hybridized carbons (Fsp3) is 0.217. The fourth-order valence-electron chi connectivity index (χ4n) is 3.57. The Morgan fingerprint density at radius 3 is 2.74 bits per heavy atom. The molecule has 0 radical (unpaired) electrons. The largest absolute Gasteiger partial charge is 0.400 e. The van der Waals surface area contributed by atoms with Gasteiger partial charge in [-0.1, -0.05) is 24.3 Å². The molecule has 1 fully saturated rings. The molecule has 1 aromatic carbocycles. The number of pyridine rings is 1. The van der Waals surface area contributed by atoms with Crippen LogP contribution in [0, 0.1) is 16.2 Å². The number of nitrogens with one attached hydrogen (secondary N) is 1. The van der Waals surface area contributed by atoms with E-state index in [1.807, 2.05) is 37.3 Å². The van der Waals surface area contributed by atoms with Crippen molar-refractivity contribution in [2.75, 3.05) is 13.7 Å². The molecule has 4 rings (SSSR count). The number of hydrogen-bond donors (Lipinski definition) is 2. The molecule has 2 N–H and O–H groups in total. The van der Waals surface area contributed by atoms with Crippen molar-refractivity contribution in [3.8, 4) is 6.07 Å². The summed E-state index contributed by atoms with van der Waals surface area (Å²) < 4.78 is 9.06. The summed E-state index contributed by atoms with van der Waals surface area (Å²) in [5, 5.41) is 19.2. The van der Waals surface area contributed by atoms with Crippen LogP contribution in [0.25, 0.3) is 27.6 Å². The van der Waals surface area contributed by atoms with E-state index in [4.69, 9.17) is 9.84 Å². The minimum atomic E-state index is -0.404. The number of aliphatic hydroxyl groups excluding tert-OH is 1. The van der Waals surface area contributed by atoms with Crippen LogP contribution in [0.1, 0.15) is 12.5 Å². The van der Waals surface area contributed by atoms with Gasteiger partial charge in [0.05, 0.1) is 35.8 Å². The lowest BCUT2D eigenvalue weighted by Crippen LogP contribution is -2.55. The van der Waals surface area contributed by atoms with Gasteiger partial charge in [-0.3, -0.25) is 9.36 Å². The molecular formula is C23H23N4O4+. The van der Waals surface area contributed by atoms with Crippen LogP contribution >= 0.6 is 0 Å². The van der Waals surface area contributed by atoms with E-state index in [-0.39, 0.29) is 11.7 Å². The smallest absolute Gasteiger partial charge is 0.273 e. The molecule has 8 heteroatoms. The molecule has 2 aromatic heterocycles. The number of ether oxygens (including phenoxy) is 1. The Morgan fingerprint density at radius 1 is 1.35 bits per heavy atom. The van der Waals surface area contributed by atoms with Gasteiger partial charge in [0.1, 0.15) is 11.6 Å². The maximum atomic E-state index is 13.2. The first-order valence-corrected chi connectivity index (χ1v) is 9.70. The minimum absolute atomic E-state index is 0.0552. The Balaban J connectivity index is 0.00000132. The fourth-order valence-corrected chi connectivity index (χ4v) is 3.57. The predicted octanol–water partition coefficient (Wildman–Crippen LogP) is 1.61. The van der Waals surface area contributed by atoms with Crippen LogP contribution in [-0.4, -0.2) is 34.1 Å². The summed E-state index contributed by atoms with van der Waals surface area (Å²) in [6, 6.07) is 11.5. The van der Waals surface area contributed by atoms with Gasteiger partial charge >= 0.3 is 0 Å². The average Bonchev–Trinajstić information content (AvgIpc) is 3.57. The molecule has 1 aliphatic rings. The standard InChI is InChI=1S/C22H18N4O3.CH4O/c1-2-6-16(7-5-10-24-28)26-21-18-8-3-4-9-19(18)25(13-17-14-29-17)20(21)11-15(12-23)22(26)27;1-2/h2-11,17H,13-14H2,1H3;2H,1H3/p+1/b6-2-,10-5+,16-7+;. The summed E-state index contributed by atoms with van der Waals surface area (Å²) in [5.74, 6) is 0. The van der Waals surface area contributed by atoms with Gasteiger partial charge in [-0.05, 0) is 31.2 Å². The van der Waals surface area contributed by atoms with Crippen LogP contribution in [0.3, 0.4) is 0 Å². The Bertz CT molecular complexity index is 1300. The quantitative estimate of drug-likeness (QED) is 0.465. The summed E-state index contributed by atoms with van der Waals surface area (Å²) in [4.78, 5) is 23.7. The highest BCUT2D eigenvalue weighted by molar-refractivity contribution is 6.07. The normalized spacial score (nSPS) is 15.9. The number of nitroso groups, excluding NO2 is 1. The highest BCUT2D eigenvalue weighted by Gasteiger charge is 2.26. The highest BCUT2D eigenvalue weighted by Crippen LogP contribution is 2.31. The summed E-state index contributed by atoms with van der Waals surface area (Å²) >= 11 is 0. The van der Waals surface area contributed by atoms with Crippen molar-refractivity contribution >= 4 is 27.6 Å². The van der Waals surface area contributed by atoms with Crippen molar-refractivity contribution in [2.45, 2.75) is 19.6 Å². The Labute approximate surface area is 178 Å².